The van der Waals surface area contributed by atoms with Gasteiger partial charge in [0.25, 0.3) is 0 Å². The highest BCUT2D eigenvalue weighted by Crippen LogP contribution is 2.41. The van der Waals surface area contributed by atoms with Crippen LogP contribution in [-0.2, 0) is 29.1 Å². The molecular formula is C17H25F4O7S-. The second-order valence-electron chi connectivity index (χ2n) is 6.76. The van der Waals surface area contributed by atoms with E-state index >= 15 is 0 Å². The van der Waals surface area contributed by atoms with Gasteiger partial charge in [-0.25, -0.2) is 13.2 Å². The number of esters is 1. The molecule has 1 aliphatic rings. The Hall–Kier alpha value is -1.24. The van der Waals surface area contributed by atoms with Gasteiger partial charge in [0.2, 0.25) is 0 Å². The maximum atomic E-state index is 13.2. The second-order valence-corrected chi connectivity index (χ2v) is 8.19. The van der Waals surface area contributed by atoms with E-state index in [1.807, 2.05) is 0 Å². The lowest BCUT2D eigenvalue weighted by Crippen LogP contribution is -2.46. The number of carbonyl (C=O) groups is 1. The van der Waals surface area contributed by atoms with Crippen molar-refractivity contribution < 1.29 is 49.5 Å². The smallest absolute Gasteiger partial charge is 0.396 e. The zero-order chi connectivity index (χ0) is 22.1. The number of rotatable bonds is 13. The Morgan fingerprint density at radius 3 is 2.31 bits per heavy atom. The van der Waals surface area contributed by atoms with Crippen molar-refractivity contribution in [1.29, 1.82) is 0 Å². The van der Waals surface area contributed by atoms with Crippen molar-refractivity contribution in [3.8, 4) is 0 Å². The number of ether oxygens (including phenoxy) is 3. The van der Waals surface area contributed by atoms with Gasteiger partial charge in [-0.15, -0.1) is 0 Å². The third-order valence-corrected chi connectivity index (χ3v) is 5.31. The number of hydrogen-bond donors (Lipinski definition) is 0. The Morgan fingerprint density at radius 1 is 1.10 bits per heavy atom. The van der Waals surface area contributed by atoms with Crippen molar-refractivity contribution in [3.63, 3.8) is 0 Å². The van der Waals surface area contributed by atoms with E-state index < -0.39 is 40.1 Å². The van der Waals surface area contributed by atoms with Crippen LogP contribution < -0.4 is 0 Å². The van der Waals surface area contributed by atoms with Gasteiger partial charge in [-0.3, -0.25) is 0 Å². The first-order valence-corrected chi connectivity index (χ1v) is 10.5. The standard InChI is InChI=1S/C17H26F4O7S/c1-13(15(22)28-12-27-14-7-3-2-4-8-14)11-26-10-6-5-9-16(18,19)17(20,21)29(23,24)25/h14H,1-12H2,(H,23,24,25)/p-1. The first kappa shape index (κ1) is 25.8. The van der Waals surface area contributed by atoms with Crippen molar-refractivity contribution in [2.45, 2.75) is 68.6 Å². The average Bonchev–Trinajstić information content (AvgIpc) is 2.64. The molecule has 1 aliphatic carbocycles. The molecule has 1 saturated carbocycles. The van der Waals surface area contributed by atoms with Crippen LogP contribution >= 0.6 is 0 Å². The predicted molar refractivity (Wildman–Crippen MR) is 92.3 cm³/mol. The SMILES string of the molecule is C=C(COCCCCC(F)(F)C(F)(F)S(=O)(=O)[O-])C(=O)OCOC1CCCCC1. The Kier molecular flexibility index (Phi) is 9.99. The van der Waals surface area contributed by atoms with Crippen molar-refractivity contribution >= 4 is 16.1 Å². The lowest BCUT2D eigenvalue weighted by atomic mass is 9.98. The maximum absolute atomic E-state index is 13.2. The quantitative estimate of drug-likeness (QED) is 0.106. The zero-order valence-corrected chi connectivity index (χ0v) is 16.7. The molecule has 1 rings (SSSR count). The van der Waals surface area contributed by atoms with Crippen molar-refractivity contribution in [3.05, 3.63) is 12.2 Å². The lowest BCUT2D eigenvalue weighted by molar-refractivity contribution is -0.165. The summed E-state index contributed by atoms with van der Waals surface area (Å²) in [6.45, 7) is 2.82. The Morgan fingerprint density at radius 2 is 1.72 bits per heavy atom. The predicted octanol–water partition coefficient (Wildman–Crippen LogP) is 3.35. The second kappa shape index (κ2) is 11.2. The Bertz CT molecular complexity index is 646. The van der Waals surface area contributed by atoms with Gasteiger partial charge in [-0.2, -0.15) is 17.6 Å². The van der Waals surface area contributed by atoms with Gasteiger partial charge in [-0.1, -0.05) is 25.8 Å². The maximum Gasteiger partial charge on any atom is 0.396 e. The fourth-order valence-corrected chi connectivity index (χ4v) is 3.12. The minimum absolute atomic E-state index is 0.0356. The van der Waals surface area contributed by atoms with Gasteiger partial charge in [0.15, 0.2) is 16.9 Å². The minimum atomic E-state index is -6.48. The van der Waals surface area contributed by atoms with Crippen LogP contribution in [0.2, 0.25) is 0 Å². The molecule has 1 fully saturated rings. The first-order valence-electron chi connectivity index (χ1n) is 9.14. The molecule has 0 unspecified atom stereocenters. The number of hydrogen-bond acceptors (Lipinski definition) is 7. The lowest BCUT2D eigenvalue weighted by Gasteiger charge is -2.28. The summed E-state index contributed by atoms with van der Waals surface area (Å²) in [4.78, 5) is 11.7. The zero-order valence-electron chi connectivity index (χ0n) is 15.8. The molecule has 0 aromatic carbocycles. The summed E-state index contributed by atoms with van der Waals surface area (Å²) in [5.74, 6) is -5.73. The summed E-state index contributed by atoms with van der Waals surface area (Å²) in [7, 11) is -6.48. The van der Waals surface area contributed by atoms with Gasteiger partial charge in [0.1, 0.15) is 0 Å². The molecular weight excluding hydrogens is 424 g/mol. The summed E-state index contributed by atoms with van der Waals surface area (Å²) in [5, 5.41) is -5.68. The topological polar surface area (TPSA) is 102 Å². The van der Waals surface area contributed by atoms with Crippen LogP contribution in [0.4, 0.5) is 17.6 Å². The highest BCUT2D eigenvalue weighted by molar-refractivity contribution is 7.86. The third-order valence-electron chi connectivity index (χ3n) is 4.38. The molecule has 0 aromatic heterocycles. The Labute approximate surface area is 167 Å². The summed E-state index contributed by atoms with van der Waals surface area (Å²) in [6.07, 6.45) is 3.01. The molecule has 0 aromatic rings. The van der Waals surface area contributed by atoms with E-state index in [-0.39, 0.29) is 38.1 Å². The fraction of sp³-hybridized carbons (Fsp3) is 0.824. The monoisotopic (exact) mass is 449 g/mol. The van der Waals surface area contributed by atoms with Crippen molar-refractivity contribution in [2.75, 3.05) is 20.0 Å². The molecule has 7 nitrogen and oxygen atoms in total. The summed E-state index contributed by atoms with van der Waals surface area (Å²) >= 11 is 0. The number of halogens is 4. The molecule has 0 aliphatic heterocycles. The molecule has 0 amide bonds. The van der Waals surface area contributed by atoms with Crippen molar-refractivity contribution in [2.24, 2.45) is 0 Å². The minimum Gasteiger partial charge on any atom is -0.743 e. The summed E-state index contributed by atoms with van der Waals surface area (Å²) < 4.78 is 98.5. The van der Waals surface area contributed by atoms with Crippen LogP contribution in [0.3, 0.4) is 0 Å². The molecule has 170 valence electrons. The average molecular weight is 449 g/mol. The molecule has 0 saturated heterocycles. The molecule has 29 heavy (non-hydrogen) atoms. The third kappa shape index (κ3) is 8.19. The van der Waals surface area contributed by atoms with E-state index in [2.05, 4.69) is 6.58 Å². The van der Waals surface area contributed by atoms with Gasteiger partial charge >= 0.3 is 17.1 Å². The van der Waals surface area contributed by atoms with Crippen LogP contribution in [0.1, 0.15) is 51.4 Å². The summed E-state index contributed by atoms with van der Waals surface area (Å²) in [6, 6.07) is 0. The van der Waals surface area contributed by atoms with Gasteiger partial charge < -0.3 is 18.8 Å². The molecule has 0 radical (unpaired) electrons. The van der Waals surface area contributed by atoms with Crippen LogP contribution in [0, 0.1) is 0 Å². The van der Waals surface area contributed by atoms with Crippen LogP contribution in [0.15, 0.2) is 12.2 Å². The van der Waals surface area contributed by atoms with E-state index in [1.54, 1.807) is 0 Å². The molecule has 0 heterocycles. The summed E-state index contributed by atoms with van der Waals surface area (Å²) in [5.41, 5.74) is -0.0356. The largest absolute Gasteiger partial charge is 0.743 e. The normalized spacial score (nSPS) is 16.6. The number of unbranched alkanes of at least 4 members (excludes halogenated alkanes) is 1. The van der Waals surface area contributed by atoms with E-state index in [9.17, 15) is 35.3 Å². The fourth-order valence-electron chi connectivity index (χ4n) is 2.65. The molecule has 0 N–H and O–H groups in total. The number of carbonyl (C=O) groups excluding carboxylic acids is 1. The van der Waals surface area contributed by atoms with Gasteiger partial charge in [0.05, 0.1) is 18.3 Å². The molecule has 0 spiro atoms. The van der Waals surface area contributed by atoms with Gasteiger partial charge in [-0.05, 0) is 25.7 Å². The highest BCUT2D eigenvalue weighted by atomic mass is 32.2. The van der Waals surface area contributed by atoms with Crippen LogP contribution in [-0.4, -0.2) is 56.2 Å². The van der Waals surface area contributed by atoms with E-state index in [4.69, 9.17) is 14.2 Å². The van der Waals surface area contributed by atoms with Gasteiger partial charge in [0, 0.05) is 13.0 Å². The Balaban J connectivity index is 2.17. The molecule has 0 bridgehead atoms. The highest BCUT2D eigenvalue weighted by Gasteiger charge is 2.60. The van der Waals surface area contributed by atoms with Crippen LogP contribution in [0.25, 0.3) is 0 Å². The number of alkyl halides is 4. The van der Waals surface area contributed by atoms with E-state index in [0.717, 1.165) is 32.1 Å². The van der Waals surface area contributed by atoms with E-state index in [1.165, 1.54) is 0 Å². The van der Waals surface area contributed by atoms with Crippen molar-refractivity contribution in [1.82, 2.24) is 0 Å². The van der Waals surface area contributed by atoms with Crippen LogP contribution in [0.5, 0.6) is 0 Å². The first-order chi connectivity index (χ1) is 13.4. The molecule has 12 heteroatoms. The molecule has 0 atom stereocenters. The van der Waals surface area contributed by atoms with E-state index in [0.29, 0.717) is 0 Å².